The van der Waals surface area contributed by atoms with Crippen LogP contribution in [0.25, 0.3) is 21.5 Å². The van der Waals surface area contributed by atoms with Gasteiger partial charge in [-0.1, -0.05) is 28.1 Å². The highest BCUT2D eigenvalue weighted by atomic mass is 79.9. The highest BCUT2D eigenvalue weighted by molar-refractivity contribution is 9.10. The Kier molecular flexibility index (Phi) is 5.83. The Morgan fingerprint density at radius 3 is 2.67 bits per heavy atom. The molecule has 7 nitrogen and oxygen atoms in total. The van der Waals surface area contributed by atoms with Gasteiger partial charge in [-0.25, -0.2) is 9.97 Å². The number of fused-ring (bicyclic) bond motifs is 1. The average Bonchev–Trinajstić information content (AvgIpc) is 3.26. The number of carbonyl (C=O) groups is 1. The Morgan fingerprint density at radius 1 is 1.23 bits per heavy atom. The van der Waals surface area contributed by atoms with Crippen molar-refractivity contribution < 1.29 is 4.79 Å². The van der Waals surface area contributed by atoms with Gasteiger partial charge in [-0.2, -0.15) is 0 Å². The van der Waals surface area contributed by atoms with Crippen molar-refractivity contribution in [2.45, 2.75) is 13.5 Å². The van der Waals surface area contributed by atoms with Crippen LogP contribution in [0.1, 0.15) is 21.1 Å². The van der Waals surface area contributed by atoms with E-state index in [2.05, 4.69) is 36.2 Å². The molecule has 0 saturated heterocycles. The zero-order chi connectivity index (χ0) is 21.4. The number of H-pyrrole nitrogens is 1. The lowest BCUT2D eigenvalue weighted by atomic mass is 10.2. The highest BCUT2D eigenvalue weighted by Gasteiger charge is 2.20. The van der Waals surface area contributed by atoms with Crippen LogP contribution in [0.15, 0.2) is 38.9 Å². The normalized spacial score (nSPS) is 11.4. The van der Waals surface area contributed by atoms with E-state index in [4.69, 9.17) is 0 Å². The number of nitrogens with zero attached hydrogens (tertiary/aromatic N) is 3. The molecular formula is C20H18BrN5O2S2. The van der Waals surface area contributed by atoms with E-state index in [1.54, 1.807) is 6.92 Å². The molecule has 4 aromatic rings. The number of aromatic nitrogens is 3. The molecule has 0 aliphatic carbocycles. The second-order valence-corrected chi connectivity index (χ2v) is 9.76. The number of anilines is 1. The summed E-state index contributed by atoms with van der Waals surface area (Å²) in [6.45, 7) is 2.28. The lowest BCUT2D eigenvalue weighted by Gasteiger charge is -2.07. The van der Waals surface area contributed by atoms with Crippen LogP contribution in [0.4, 0.5) is 5.13 Å². The van der Waals surface area contributed by atoms with Gasteiger partial charge in [0, 0.05) is 15.4 Å². The molecule has 2 N–H and O–H groups in total. The van der Waals surface area contributed by atoms with Gasteiger partial charge in [0.1, 0.15) is 10.7 Å². The van der Waals surface area contributed by atoms with E-state index < -0.39 is 0 Å². The molecule has 0 spiro atoms. The Bertz CT molecular complexity index is 1290. The predicted molar refractivity (Wildman–Crippen MR) is 126 cm³/mol. The third-order valence-corrected chi connectivity index (χ3v) is 6.86. The van der Waals surface area contributed by atoms with E-state index in [-0.39, 0.29) is 11.5 Å². The summed E-state index contributed by atoms with van der Waals surface area (Å²) in [4.78, 5) is 40.2. The maximum Gasteiger partial charge on any atom is 0.267 e. The lowest BCUT2D eigenvalue weighted by molar-refractivity contribution is 0.103. The Hall–Kier alpha value is -2.40. The van der Waals surface area contributed by atoms with Crippen molar-refractivity contribution in [3.05, 3.63) is 60.7 Å². The maximum absolute atomic E-state index is 12.9. The van der Waals surface area contributed by atoms with Gasteiger partial charge in [0.05, 0.1) is 22.5 Å². The van der Waals surface area contributed by atoms with Gasteiger partial charge in [0.2, 0.25) is 0 Å². The van der Waals surface area contributed by atoms with Crippen molar-refractivity contribution in [1.29, 1.82) is 0 Å². The van der Waals surface area contributed by atoms with Crippen LogP contribution < -0.4 is 10.9 Å². The number of rotatable bonds is 5. The maximum atomic E-state index is 12.9. The first kappa shape index (κ1) is 20.9. The van der Waals surface area contributed by atoms with Gasteiger partial charge in [-0.3, -0.25) is 14.9 Å². The highest BCUT2D eigenvalue weighted by Crippen LogP contribution is 2.30. The number of halogens is 1. The molecule has 0 aliphatic rings. The van der Waals surface area contributed by atoms with Crippen LogP contribution in [0, 0.1) is 6.92 Å². The number of benzene rings is 1. The summed E-state index contributed by atoms with van der Waals surface area (Å²) >= 11 is 6.00. The van der Waals surface area contributed by atoms with E-state index in [9.17, 15) is 9.59 Å². The molecule has 4 rings (SSSR count). The van der Waals surface area contributed by atoms with Crippen molar-refractivity contribution in [1.82, 2.24) is 19.9 Å². The first-order chi connectivity index (χ1) is 14.3. The first-order valence-electron chi connectivity index (χ1n) is 9.01. The van der Waals surface area contributed by atoms with Gasteiger partial charge in [0.25, 0.3) is 11.5 Å². The van der Waals surface area contributed by atoms with Crippen molar-refractivity contribution in [3.8, 4) is 11.3 Å². The number of thiazole rings is 1. The minimum atomic E-state index is -0.291. The number of thiophene rings is 1. The predicted octanol–water partition coefficient (Wildman–Crippen LogP) is 4.49. The minimum absolute atomic E-state index is 0.226. The number of hydrogen-bond donors (Lipinski definition) is 2. The molecule has 0 unspecified atom stereocenters. The number of nitrogens with one attached hydrogen (secondary N) is 2. The average molecular weight is 504 g/mol. The summed E-state index contributed by atoms with van der Waals surface area (Å²) in [7, 11) is 3.80. The lowest BCUT2D eigenvalue weighted by Crippen LogP contribution is -2.18. The molecule has 0 bridgehead atoms. The van der Waals surface area contributed by atoms with Crippen LogP contribution >= 0.6 is 38.6 Å². The molecule has 3 heterocycles. The van der Waals surface area contributed by atoms with E-state index in [1.807, 2.05) is 48.6 Å². The van der Waals surface area contributed by atoms with Crippen molar-refractivity contribution in [2.75, 3.05) is 19.4 Å². The summed E-state index contributed by atoms with van der Waals surface area (Å²) in [5, 5.41) is 5.71. The molecular weight excluding hydrogens is 486 g/mol. The quantitative estimate of drug-likeness (QED) is 0.418. The Balaban J connectivity index is 1.60. The third-order valence-electron chi connectivity index (χ3n) is 4.39. The van der Waals surface area contributed by atoms with E-state index in [0.717, 1.165) is 15.7 Å². The third kappa shape index (κ3) is 4.22. The van der Waals surface area contributed by atoms with E-state index in [0.29, 0.717) is 38.2 Å². The first-order valence-corrected chi connectivity index (χ1v) is 11.5. The molecule has 3 aromatic heterocycles. The molecule has 0 saturated carbocycles. The van der Waals surface area contributed by atoms with Crippen LogP contribution in [-0.2, 0) is 6.54 Å². The topological polar surface area (TPSA) is 91.0 Å². The van der Waals surface area contributed by atoms with Gasteiger partial charge < -0.3 is 9.88 Å². The summed E-state index contributed by atoms with van der Waals surface area (Å²) in [5.41, 5.74) is 2.17. The van der Waals surface area contributed by atoms with Crippen LogP contribution in [-0.4, -0.2) is 39.9 Å². The summed E-state index contributed by atoms with van der Waals surface area (Å²) < 4.78 is 0.993. The van der Waals surface area contributed by atoms with Crippen molar-refractivity contribution >= 4 is 59.9 Å². The molecule has 0 fully saturated rings. The molecule has 10 heteroatoms. The van der Waals surface area contributed by atoms with Crippen LogP contribution in [0.3, 0.4) is 0 Å². The number of aromatic amines is 1. The molecule has 0 radical (unpaired) electrons. The fourth-order valence-corrected chi connectivity index (χ4v) is 5.09. The van der Waals surface area contributed by atoms with Crippen LogP contribution in [0.2, 0.25) is 0 Å². The number of hydrogen-bond acceptors (Lipinski definition) is 7. The minimum Gasteiger partial charge on any atom is -0.309 e. The Morgan fingerprint density at radius 2 is 1.97 bits per heavy atom. The second kappa shape index (κ2) is 8.38. The SMILES string of the molecule is Cc1c(C(=O)Nc2nc(-c3ccc(Br)cc3)cs2)sc2nc(CN(C)C)[nH]c(=O)c12. The van der Waals surface area contributed by atoms with Gasteiger partial charge in [0.15, 0.2) is 5.13 Å². The molecule has 154 valence electrons. The van der Waals surface area contributed by atoms with E-state index >= 15 is 0 Å². The zero-order valence-corrected chi connectivity index (χ0v) is 19.7. The smallest absolute Gasteiger partial charge is 0.267 e. The Labute approximate surface area is 188 Å². The molecule has 0 atom stereocenters. The number of amides is 1. The molecule has 0 aliphatic heterocycles. The van der Waals surface area contributed by atoms with Gasteiger partial charge >= 0.3 is 0 Å². The van der Waals surface area contributed by atoms with Gasteiger partial charge in [-0.05, 0) is 38.7 Å². The molecule has 30 heavy (non-hydrogen) atoms. The second-order valence-electron chi connectivity index (χ2n) is 6.99. The fraction of sp³-hybridized carbons (Fsp3) is 0.200. The summed E-state index contributed by atoms with van der Waals surface area (Å²) in [6.07, 6.45) is 0. The zero-order valence-electron chi connectivity index (χ0n) is 16.4. The number of aryl methyl sites for hydroxylation is 1. The van der Waals surface area contributed by atoms with E-state index in [1.165, 1.54) is 22.7 Å². The monoisotopic (exact) mass is 503 g/mol. The van der Waals surface area contributed by atoms with Crippen molar-refractivity contribution in [2.24, 2.45) is 0 Å². The van der Waals surface area contributed by atoms with Crippen LogP contribution in [0.5, 0.6) is 0 Å². The number of carbonyl (C=O) groups excluding carboxylic acids is 1. The summed E-state index contributed by atoms with van der Waals surface area (Å²) in [5.74, 6) is 0.283. The standard InChI is InChI=1S/C20H18BrN5O2S2/c1-10-15-17(27)23-14(8-26(2)3)24-19(15)30-16(10)18(28)25-20-22-13(9-29-20)11-4-6-12(21)7-5-11/h4-7,9H,8H2,1-3H3,(H,22,25,28)(H,23,24,27). The van der Waals surface area contributed by atoms with Gasteiger partial charge in [-0.15, -0.1) is 22.7 Å². The summed E-state index contributed by atoms with van der Waals surface area (Å²) in [6, 6.07) is 7.82. The largest absolute Gasteiger partial charge is 0.309 e. The molecule has 1 aromatic carbocycles. The van der Waals surface area contributed by atoms with Crippen molar-refractivity contribution in [3.63, 3.8) is 0 Å². The molecule has 1 amide bonds. The fourth-order valence-electron chi connectivity index (χ4n) is 3.02.